The molecule has 17 heavy (non-hydrogen) atoms. The molecule has 1 N–H and O–H groups in total. The first-order valence-corrected chi connectivity index (χ1v) is 7.17. The lowest BCUT2D eigenvalue weighted by Crippen LogP contribution is -2.83. The van der Waals surface area contributed by atoms with Gasteiger partial charge in [0.15, 0.2) is 0 Å². The van der Waals surface area contributed by atoms with Crippen LogP contribution in [0.5, 0.6) is 0 Å². The van der Waals surface area contributed by atoms with Gasteiger partial charge in [0.25, 0.3) is 0 Å². The highest BCUT2D eigenvalue weighted by molar-refractivity contribution is 5.17. The molecule has 96 valence electrons. The average Bonchev–Trinajstić information content (AvgIpc) is 2.70. The molecule has 4 saturated heterocycles. The van der Waals surface area contributed by atoms with E-state index in [4.69, 9.17) is 0 Å². The van der Waals surface area contributed by atoms with Gasteiger partial charge in [-0.25, -0.2) is 0 Å². The van der Waals surface area contributed by atoms with Crippen LogP contribution >= 0.6 is 0 Å². The van der Waals surface area contributed by atoms with Crippen molar-refractivity contribution in [1.82, 2.24) is 9.80 Å². The monoisotopic (exact) mass is 236 g/mol. The number of nitrogens with zero attached hydrogens (tertiary/aromatic N) is 2. The number of hydrogen-bond acceptors (Lipinski definition) is 3. The molecule has 3 heteroatoms. The Labute approximate surface area is 104 Å². The first kappa shape index (κ1) is 10.8. The lowest BCUT2D eigenvalue weighted by molar-refractivity contribution is -0.286. The molecule has 0 unspecified atom stereocenters. The van der Waals surface area contributed by atoms with Crippen LogP contribution in [0.2, 0.25) is 0 Å². The second-order valence-electron chi connectivity index (χ2n) is 7.61. The number of aliphatic hydroxyl groups excluding tert-OH is 1. The van der Waals surface area contributed by atoms with E-state index in [1.165, 1.54) is 25.7 Å². The summed E-state index contributed by atoms with van der Waals surface area (Å²) in [5, 5.41) is 10.6. The van der Waals surface area contributed by atoms with Crippen molar-refractivity contribution in [1.29, 1.82) is 0 Å². The van der Waals surface area contributed by atoms with Crippen LogP contribution in [0.1, 0.15) is 39.5 Å². The summed E-state index contributed by atoms with van der Waals surface area (Å²) in [4.78, 5) is 5.44. The fourth-order valence-corrected chi connectivity index (χ4v) is 5.51. The van der Waals surface area contributed by atoms with Crippen molar-refractivity contribution in [2.75, 3.05) is 26.2 Å². The Morgan fingerprint density at radius 3 is 1.71 bits per heavy atom. The fourth-order valence-electron chi connectivity index (χ4n) is 5.51. The Balaban J connectivity index is 1.78. The molecule has 4 aliphatic heterocycles. The third-order valence-electron chi connectivity index (χ3n) is 6.11. The zero-order valence-corrected chi connectivity index (χ0v) is 11.1. The minimum atomic E-state index is -0.110. The predicted molar refractivity (Wildman–Crippen MR) is 66.6 cm³/mol. The molecule has 1 saturated carbocycles. The molecule has 0 aromatic heterocycles. The molecular weight excluding hydrogens is 212 g/mol. The van der Waals surface area contributed by atoms with Crippen molar-refractivity contribution in [3.63, 3.8) is 0 Å². The largest absolute Gasteiger partial charge is 0.392 e. The van der Waals surface area contributed by atoms with Crippen molar-refractivity contribution in [3.8, 4) is 0 Å². The molecule has 0 atom stereocenters. The van der Waals surface area contributed by atoms with E-state index in [9.17, 15) is 5.11 Å². The van der Waals surface area contributed by atoms with Gasteiger partial charge in [0.05, 0.1) is 11.8 Å². The maximum Gasteiger partial charge on any atom is 0.0738 e. The topological polar surface area (TPSA) is 26.7 Å². The van der Waals surface area contributed by atoms with Gasteiger partial charge in [-0.05, 0) is 12.8 Å². The van der Waals surface area contributed by atoms with Gasteiger partial charge < -0.3 is 5.11 Å². The Morgan fingerprint density at radius 2 is 1.29 bits per heavy atom. The summed E-state index contributed by atoms with van der Waals surface area (Å²) in [6, 6.07) is 0. The molecule has 4 bridgehead atoms. The number of rotatable bonds is 0. The van der Waals surface area contributed by atoms with Gasteiger partial charge in [-0.1, -0.05) is 26.7 Å². The molecular formula is C14H24N2O. The van der Waals surface area contributed by atoms with Crippen LogP contribution in [0.25, 0.3) is 0 Å². The quantitative estimate of drug-likeness (QED) is 0.686. The van der Waals surface area contributed by atoms with Crippen LogP contribution in [0, 0.1) is 10.8 Å². The molecule has 1 aliphatic carbocycles. The molecule has 4 heterocycles. The lowest BCUT2D eigenvalue weighted by atomic mass is 9.59. The Kier molecular flexibility index (Phi) is 1.83. The standard InChI is InChI=1S/C14H24N2O/c1-12-7-15-9-13(2,11(12)17)10-16(8-12)14(15)5-3-4-6-14/h11,17H,3-10H2,1-2H3. The maximum absolute atomic E-state index is 10.6. The van der Waals surface area contributed by atoms with Gasteiger partial charge in [0.1, 0.15) is 0 Å². The Morgan fingerprint density at radius 1 is 0.882 bits per heavy atom. The SMILES string of the molecule is CC12CN3CC(C)(CN(C1)C31CCCC1)C2O. The third-order valence-corrected chi connectivity index (χ3v) is 6.11. The first-order chi connectivity index (χ1) is 7.99. The van der Waals surface area contributed by atoms with Gasteiger partial charge in [-0.3, -0.25) is 9.80 Å². The molecule has 5 rings (SSSR count). The van der Waals surface area contributed by atoms with E-state index in [2.05, 4.69) is 23.6 Å². The van der Waals surface area contributed by atoms with Crippen LogP contribution in [0.3, 0.4) is 0 Å². The highest BCUT2D eigenvalue weighted by atomic mass is 16.3. The summed E-state index contributed by atoms with van der Waals surface area (Å²) in [5.41, 5.74) is 0.608. The summed E-state index contributed by atoms with van der Waals surface area (Å²) in [5.74, 6) is 0. The third kappa shape index (κ3) is 1.09. The summed E-state index contributed by atoms with van der Waals surface area (Å²) in [7, 11) is 0. The van der Waals surface area contributed by atoms with Crippen molar-refractivity contribution < 1.29 is 5.11 Å². The summed E-state index contributed by atoms with van der Waals surface area (Å²) < 4.78 is 0. The predicted octanol–water partition coefficient (Wildman–Crippen LogP) is 1.27. The van der Waals surface area contributed by atoms with Crippen LogP contribution in [0.15, 0.2) is 0 Å². The zero-order chi connectivity index (χ0) is 11.9. The molecule has 0 aromatic rings. The van der Waals surface area contributed by atoms with E-state index in [0.717, 1.165) is 26.2 Å². The van der Waals surface area contributed by atoms with Crippen LogP contribution in [0.4, 0.5) is 0 Å². The number of piperidine rings is 2. The Hall–Kier alpha value is -0.120. The van der Waals surface area contributed by atoms with E-state index in [1.54, 1.807) is 0 Å². The normalized spacial score (nSPS) is 59.1. The highest BCUT2D eigenvalue weighted by Gasteiger charge is 2.66. The van der Waals surface area contributed by atoms with Crippen LogP contribution in [-0.2, 0) is 0 Å². The van der Waals surface area contributed by atoms with E-state index in [0.29, 0.717) is 5.66 Å². The van der Waals surface area contributed by atoms with Gasteiger partial charge >= 0.3 is 0 Å². The minimum Gasteiger partial charge on any atom is -0.392 e. The smallest absolute Gasteiger partial charge is 0.0738 e. The Bertz CT molecular complexity index is 321. The van der Waals surface area contributed by atoms with Gasteiger partial charge in [0.2, 0.25) is 0 Å². The summed E-state index contributed by atoms with van der Waals surface area (Å²) in [6.45, 7) is 9.02. The van der Waals surface area contributed by atoms with Crippen molar-refractivity contribution in [2.24, 2.45) is 10.8 Å². The summed E-state index contributed by atoms with van der Waals surface area (Å²) in [6.07, 6.45) is 5.39. The summed E-state index contributed by atoms with van der Waals surface area (Å²) >= 11 is 0. The zero-order valence-electron chi connectivity index (χ0n) is 11.1. The average molecular weight is 236 g/mol. The van der Waals surface area contributed by atoms with E-state index >= 15 is 0 Å². The number of aliphatic hydroxyl groups is 1. The second-order valence-corrected chi connectivity index (χ2v) is 7.61. The number of hydrogen-bond donors (Lipinski definition) is 1. The highest BCUT2D eigenvalue weighted by Crippen LogP contribution is 2.57. The van der Waals surface area contributed by atoms with Crippen LogP contribution in [-0.4, -0.2) is 52.9 Å². The molecule has 3 nitrogen and oxygen atoms in total. The molecule has 0 amide bonds. The van der Waals surface area contributed by atoms with E-state index in [-0.39, 0.29) is 16.9 Å². The van der Waals surface area contributed by atoms with Crippen molar-refractivity contribution >= 4 is 0 Å². The second kappa shape index (κ2) is 2.89. The maximum atomic E-state index is 10.6. The molecule has 0 aromatic carbocycles. The van der Waals surface area contributed by atoms with Crippen LogP contribution < -0.4 is 0 Å². The lowest BCUT2D eigenvalue weighted by Gasteiger charge is -2.72. The van der Waals surface area contributed by atoms with E-state index < -0.39 is 0 Å². The van der Waals surface area contributed by atoms with Crippen molar-refractivity contribution in [2.45, 2.75) is 51.3 Å². The van der Waals surface area contributed by atoms with E-state index in [1.807, 2.05) is 0 Å². The molecule has 1 spiro atoms. The minimum absolute atomic E-state index is 0.110. The molecule has 5 aliphatic rings. The molecule has 5 fully saturated rings. The van der Waals surface area contributed by atoms with Gasteiger partial charge in [0, 0.05) is 37.0 Å². The van der Waals surface area contributed by atoms with Gasteiger partial charge in [-0.2, -0.15) is 0 Å². The van der Waals surface area contributed by atoms with Gasteiger partial charge in [-0.15, -0.1) is 0 Å². The first-order valence-electron chi connectivity index (χ1n) is 7.17. The molecule has 0 radical (unpaired) electrons. The van der Waals surface area contributed by atoms with Crippen molar-refractivity contribution in [3.05, 3.63) is 0 Å². The fraction of sp³-hybridized carbons (Fsp3) is 1.00.